The molecule has 1 aliphatic rings. The Morgan fingerprint density at radius 1 is 1.14 bits per heavy atom. The number of nitrogens with two attached hydrogens (primary N) is 1. The van der Waals surface area contributed by atoms with Gasteiger partial charge in [0.15, 0.2) is 5.78 Å². The number of fused-ring (bicyclic) bond motifs is 1. The Hall–Kier alpha value is -3.04. The van der Waals surface area contributed by atoms with Crippen molar-refractivity contribution in [1.82, 2.24) is 0 Å². The van der Waals surface area contributed by atoms with E-state index < -0.39 is 41.1 Å². The van der Waals surface area contributed by atoms with Crippen LogP contribution >= 0.6 is 0 Å². The van der Waals surface area contributed by atoms with Gasteiger partial charge in [0, 0.05) is 24.1 Å². The molecule has 0 aromatic heterocycles. The molecule has 1 unspecified atom stereocenters. The summed E-state index contributed by atoms with van der Waals surface area (Å²) in [5, 5.41) is 10.9. The smallest absolute Gasteiger partial charge is 0.392 e. The zero-order chi connectivity index (χ0) is 27.5. The summed E-state index contributed by atoms with van der Waals surface area (Å²) in [5.74, 6) is -2.39. The number of halogens is 3. The van der Waals surface area contributed by atoms with Gasteiger partial charge in [-0.2, -0.15) is 13.2 Å². The molecular weight excluding hydrogens is 483 g/mol. The third kappa shape index (κ3) is 5.93. The summed E-state index contributed by atoms with van der Waals surface area (Å²) in [6.07, 6.45) is -3.35. The first-order valence-electron chi connectivity index (χ1n) is 12.5. The third-order valence-electron chi connectivity index (χ3n) is 6.68. The lowest BCUT2D eigenvalue weighted by molar-refractivity contribution is -0.140. The molecule has 1 aliphatic heterocycles. The number of rotatable bonds is 9. The first-order valence-corrected chi connectivity index (χ1v) is 12.5. The number of benzene rings is 2. The summed E-state index contributed by atoms with van der Waals surface area (Å²) < 4.78 is 39.6. The second-order valence-corrected chi connectivity index (χ2v) is 9.99. The van der Waals surface area contributed by atoms with Crippen LogP contribution in [0.1, 0.15) is 63.1 Å². The number of hydrogen-bond donors (Lipinski definition) is 2. The lowest BCUT2D eigenvalue weighted by atomic mass is 9.81. The maximum atomic E-state index is 14.0. The predicted octanol–water partition coefficient (Wildman–Crippen LogP) is 4.96. The number of carbonyl (C=O) groups excluding carboxylic acids is 2. The van der Waals surface area contributed by atoms with Crippen LogP contribution in [0.4, 0.5) is 18.9 Å². The number of amides is 1. The van der Waals surface area contributed by atoms with Crippen molar-refractivity contribution in [2.24, 2.45) is 22.6 Å². The molecule has 0 saturated heterocycles. The van der Waals surface area contributed by atoms with Crippen molar-refractivity contribution < 1.29 is 27.9 Å². The molecule has 2 aromatic carbocycles. The van der Waals surface area contributed by atoms with E-state index in [2.05, 4.69) is 4.99 Å². The first kappa shape index (κ1) is 28.5. The Bertz CT molecular complexity index is 1160. The molecule has 3 atom stereocenters. The number of alkyl halides is 3. The van der Waals surface area contributed by atoms with Gasteiger partial charge in [-0.05, 0) is 37.0 Å². The van der Waals surface area contributed by atoms with Gasteiger partial charge in [0.2, 0.25) is 5.66 Å². The Balaban J connectivity index is 2.20. The molecule has 1 amide bonds. The lowest BCUT2D eigenvalue weighted by Gasteiger charge is -2.32. The van der Waals surface area contributed by atoms with Gasteiger partial charge in [-0.15, -0.1) is 0 Å². The number of hydrogen-bond acceptors (Lipinski definition) is 5. The summed E-state index contributed by atoms with van der Waals surface area (Å²) >= 11 is 0. The van der Waals surface area contributed by atoms with Gasteiger partial charge in [0.1, 0.15) is 0 Å². The van der Waals surface area contributed by atoms with Crippen LogP contribution in [0.5, 0.6) is 0 Å². The van der Waals surface area contributed by atoms with Crippen LogP contribution in [0.2, 0.25) is 0 Å². The number of aliphatic imine (C=N–C) groups is 1. The van der Waals surface area contributed by atoms with Crippen LogP contribution in [0.3, 0.4) is 0 Å². The molecule has 0 radical (unpaired) electrons. The largest absolute Gasteiger partial charge is 0.416 e. The summed E-state index contributed by atoms with van der Waals surface area (Å²) in [7, 11) is 1.48. The van der Waals surface area contributed by atoms with Crippen LogP contribution in [-0.4, -0.2) is 41.3 Å². The van der Waals surface area contributed by atoms with Crippen LogP contribution in [0.25, 0.3) is 0 Å². The van der Waals surface area contributed by atoms with Gasteiger partial charge in [-0.3, -0.25) is 15.3 Å². The van der Waals surface area contributed by atoms with E-state index in [4.69, 9.17) is 5.73 Å². The minimum absolute atomic E-state index is 0.0306. The second kappa shape index (κ2) is 11.1. The molecule has 0 bridgehead atoms. The quantitative estimate of drug-likeness (QED) is 0.460. The highest BCUT2D eigenvalue weighted by molar-refractivity contribution is 6.26. The van der Waals surface area contributed by atoms with Crippen molar-refractivity contribution in [3.05, 3.63) is 65.2 Å². The van der Waals surface area contributed by atoms with E-state index in [-0.39, 0.29) is 17.2 Å². The van der Waals surface area contributed by atoms with Crippen molar-refractivity contribution in [2.45, 2.75) is 64.4 Å². The number of carbonyl (C=O) groups is 2. The molecule has 6 nitrogen and oxygen atoms in total. The predicted molar refractivity (Wildman–Crippen MR) is 137 cm³/mol. The van der Waals surface area contributed by atoms with Crippen molar-refractivity contribution in [3.63, 3.8) is 0 Å². The van der Waals surface area contributed by atoms with Gasteiger partial charge in [0.05, 0.1) is 23.1 Å². The van der Waals surface area contributed by atoms with E-state index in [0.29, 0.717) is 30.5 Å². The van der Waals surface area contributed by atoms with E-state index in [1.54, 1.807) is 24.3 Å². The minimum atomic E-state index is -4.52. The van der Waals surface area contributed by atoms with E-state index >= 15 is 0 Å². The molecule has 0 spiro atoms. The lowest BCUT2D eigenvalue weighted by Crippen LogP contribution is -2.61. The number of benzodiazepines with no additional fused rings is 1. The van der Waals surface area contributed by atoms with Crippen molar-refractivity contribution in [3.8, 4) is 0 Å². The molecule has 0 fully saturated rings. The highest BCUT2D eigenvalue weighted by Crippen LogP contribution is 2.34. The van der Waals surface area contributed by atoms with Gasteiger partial charge >= 0.3 is 6.18 Å². The normalized spacial score (nSPS) is 19.8. The topological polar surface area (TPSA) is 96.0 Å². The SMILES string of the molecule is CCCC[C@H](O)[C@@H](CC(C)C)C(=O)C1(N)N=C(c2ccc(C(F)(F)F)cc2)c2ccccc2N(C)C1=O. The highest BCUT2D eigenvalue weighted by atomic mass is 19.4. The molecule has 3 N–H and O–H groups in total. The number of para-hydroxylation sites is 1. The zero-order valence-electron chi connectivity index (χ0n) is 21.5. The number of unbranched alkanes of at least 4 members (excludes halogenated alkanes) is 1. The molecule has 37 heavy (non-hydrogen) atoms. The number of aliphatic hydroxyl groups is 1. The molecule has 0 aliphatic carbocycles. The summed E-state index contributed by atoms with van der Waals surface area (Å²) in [5.41, 5.74) is 4.62. The number of anilines is 1. The molecular formula is C28H34F3N3O3. The summed E-state index contributed by atoms with van der Waals surface area (Å²) in [6.45, 7) is 5.78. The number of Topliss-reactive ketones (excluding diaryl/α,β-unsaturated/α-hetero) is 1. The van der Waals surface area contributed by atoms with Gasteiger partial charge in [-0.25, -0.2) is 4.99 Å². The number of likely N-dealkylation sites (N-methyl/N-ethyl adjacent to an activating group) is 1. The maximum Gasteiger partial charge on any atom is 0.416 e. The van der Waals surface area contributed by atoms with Crippen LogP contribution in [0, 0.1) is 11.8 Å². The van der Waals surface area contributed by atoms with E-state index in [0.717, 1.165) is 18.6 Å². The first-order chi connectivity index (χ1) is 17.3. The van der Waals surface area contributed by atoms with Crippen molar-refractivity contribution in [1.29, 1.82) is 0 Å². The van der Waals surface area contributed by atoms with Gasteiger partial charge in [0.25, 0.3) is 5.91 Å². The molecule has 200 valence electrons. The molecule has 1 heterocycles. The Morgan fingerprint density at radius 2 is 1.76 bits per heavy atom. The summed E-state index contributed by atoms with van der Waals surface area (Å²) in [4.78, 5) is 33.4. The third-order valence-corrected chi connectivity index (χ3v) is 6.68. The Labute approximate surface area is 215 Å². The van der Waals surface area contributed by atoms with E-state index in [1.807, 2.05) is 20.8 Å². The maximum absolute atomic E-state index is 14.0. The fraction of sp³-hybridized carbons (Fsp3) is 0.464. The van der Waals surface area contributed by atoms with Crippen molar-refractivity contribution >= 4 is 23.1 Å². The molecule has 2 aromatic rings. The van der Waals surface area contributed by atoms with Gasteiger partial charge < -0.3 is 10.0 Å². The number of aliphatic hydroxyl groups excluding tert-OH is 1. The van der Waals surface area contributed by atoms with E-state index in [9.17, 15) is 27.9 Å². The monoisotopic (exact) mass is 517 g/mol. The average molecular weight is 518 g/mol. The summed E-state index contributed by atoms with van der Waals surface area (Å²) in [6, 6.07) is 11.1. The fourth-order valence-electron chi connectivity index (χ4n) is 4.66. The van der Waals surface area contributed by atoms with Gasteiger partial charge in [-0.1, -0.05) is 63.9 Å². The van der Waals surface area contributed by atoms with Crippen LogP contribution < -0.4 is 10.6 Å². The number of ketones is 1. The standard InChI is InChI=1S/C28H34F3N3O3/c1-5-6-11-23(35)21(16-17(2)3)25(36)27(32)26(37)34(4)22-10-8-7-9-20(22)24(33-27)18-12-14-19(15-13-18)28(29,30)31/h7-10,12-15,17,21,23,35H,5-6,11,16,32H2,1-4H3/t21-,23+,27?/m1/s1. The van der Waals surface area contributed by atoms with Crippen LogP contribution in [0.15, 0.2) is 53.5 Å². The minimum Gasteiger partial charge on any atom is -0.392 e. The Kier molecular flexibility index (Phi) is 8.59. The van der Waals surface area contributed by atoms with Crippen LogP contribution in [-0.2, 0) is 15.8 Å². The Morgan fingerprint density at radius 3 is 2.32 bits per heavy atom. The number of nitrogens with zero attached hydrogens (tertiary/aromatic N) is 2. The molecule has 3 rings (SSSR count). The highest BCUT2D eigenvalue weighted by Gasteiger charge is 2.50. The second-order valence-electron chi connectivity index (χ2n) is 9.99. The van der Waals surface area contributed by atoms with Crippen molar-refractivity contribution in [2.75, 3.05) is 11.9 Å². The molecule has 9 heteroatoms. The van der Waals surface area contributed by atoms with E-state index in [1.165, 1.54) is 24.1 Å². The molecule has 0 saturated carbocycles. The zero-order valence-corrected chi connectivity index (χ0v) is 21.5. The fourth-order valence-corrected chi connectivity index (χ4v) is 4.66. The average Bonchev–Trinajstić information content (AvgIpc) is 2.94.